The SMILES string of the molecule is Cc1cc(O)ccc1C(=O)NCCCN1CCCC1. The third-order valence-electron chi connectivity index (χ3n) is 3.59. The van der Waals surface area contributed by atoms with Gasteiger partial charge in [-0.25, -0.2) is 0 Å². The van der Waals surface area contributed by atoms with Gasteiger partial charge in [-0.05, 0) is 69.6 Å². The standard InChI is InChI=1S/C15H22N2O2/c1-12-11-13(18)5-6-14(12)15(19)16-7-4-10-17-8-2-3-9-17/h5-6,11,18H,2-4,7-10H2,1H3,(H,16,19). The molecule has 1 aromatic carbocycles. The molecule has 2 N–H and O–H groups in total. The average molecular weight is 262 g/mol. The third-order valence-corrected chi connectivity index (χ3v) is 3.59. The highest BCUT2D eigenvalue weighted by Crippen LogP contribution is 2.15. The van der Waals surface area contributed by atoms with Gasteiger partial charge in [0.15, 0.2) is 0 Å². The zero-order valence-corrected chi connectivity index (χ0v) is 11.5. The fraction of sp³-hybridized carbons (Fsp3) is 0.533. The lowest BCUT2D eigenvalue weighted by Gasteiger charge is -2.14. The molecule has 1 aliphatic rings. The summed E-state index contributed by atoms with van der Waals surface area (Å²) in [6.45, 7) is 6.00. The van der Waals surface area contributed by atoms with Crippen LogP contribution in [0, 0.1) is 6.92 Å². The Morgan fingerprint density at radius 2 is 2.11 bits per heavy atom. The smallest absolute Gasteiger partial charge is 0.251 e. The summed E-state index contributed by atoms with van der Waals surface area (Å²) >= 11 is 0. The lowest BCUT2D eigenvalue weighted by atomic mass is 10.1. The topological polar surface area (TPSA) is 52.6 Å². The van der Waals surface area contributed by atoms with Gasteiger partial charge in [0.1, 0.15) is 5.75 Å². The molecule has 2 rings (SSSR count). The van der Waals surface area contributed by atoms with E-state index < -0.39 is 0 Å². The third kappa shape index (κ3) is 3.96. The number of nitrogens with zero attached hydrogens (tertiary/aromatic N) is 1. The number of phenolic OH excluding ortho intramolecular Hbond substituents is 1. The van der Waals surface area contributed by atoms with Crippen molar-refractivity contribution in [3.8, 4) is 5.75 Å². The van der Waals surface area contributed by atoms with Crippen LogP contribution in [-0.2, 0) is 0 Å². The number of likely N-dealkylation sites (tertiary alicyclic amines) is 1. The number of hydrogen-bond acceptors (Lipinski definition) is 3. The molecule has 0 bridgehead atoms. The van der Waals surface area contributed by atoms with E-state index in [1.165, 1.54) is 25.9 Å². The number of aryl methyl sites for hydroxylation is 1. The van der Waals surface area contributed by atoms with E-state index in [1.54, 1.807) is 18.2 Å². The van der Waals surface area contributed by atoms with Crippen molar-refractivity contribution in [2.45, 2.75) is 26.2 Å². The van der Waals surface area contributed by atoms with Crippen LogP contribution < -0.4 is 5.32 Å². The van der Waals surface area contributed by atoms with Crippen LogP contribution in [0.4, 0.5) is 0 Å². The highest BCUT2D eigenvalue weighted by molar-refractivity contribution is 5.95. The Labute approximate surface area is 114 Å². The number of amides is 1. The van der Waals surface area contributed by atoms with E-state index in [-0.39, 0.29) is 11.7 Å². The van der Waals surface area contributed by atoms with Crippen molar-refractivity contribution in [2.24, 2.45) is 0 Å². The average Bonchev–Trinajstić information content (AvgIpc) is 2.87. The number of carbonyl (C=O) groups excluding carboxylic acids is 1. The van der Waals surface area contributed by atoms with E-state index in [9.17, 15) is 9.90 Å². The zero-order valence-electron chi connectivity index (χ0n) is 11.5. The molecule has 0 spiro atoms. The summed E-state index contributed by atoms with van der Waals surface area (Å²) < 4.78 is 0. The molecule has 0 aliphatic carbocycles. The first kappa shape index (κ1) is 13.9. The molecule has 104 valence electrons. The lowest BCUT2D eigenvalue weighted by Crippen LogP contribution is -2.29. The molecule has 0 aromatic heterocycles. The van der Waals surface area contributed by atoms with Crippen molar-refractivity contribution in [2.75, 3.05) is 26.2 Å². The van der Waals surface area contributed by atoms with Gasteiger partial charge >= 0.3 is 0 Å². The van der Waals surface area contributed by atoms with Gasteiger partial charge in [-0.1, -0.05) is 0 Å². The molecule has 0 saturated carbocycles. The number of hydrogen-bond donors (Lipinski definition) is 2. The van der Waals surface area contributed by atoms with Gasteiger partial charge in [0.25, 0.3) is 5.91 Å². The van der Waals surface area contributed by atoms with Crippen molar-refractivity contribution >= 4 is 5.91 Å². The first-order valence-corrected chi connectivity index (χ1v) is 6.97. The monoisotopic (exact) mass is 262 g/mol. The van der Waals surface area contributed by atoms with E-state index in [0.717, 1.165) is 18.5 Å². The van der Waals surface area contributed by atoms with E-state index in [0.29, 0.717) is 12.1 Å². The van der Waals surface area contributed by atoms with Crippen LogP contribution in [0.15, 0.2) is 18.2 Å². The van der Waals surface area contributed by atoms with Gasteiger partial charge < -0.3 is 15.3 Å². The summed E-state index contributed by atoms with van der Waals surface area (Å²) in [7, 11) is 0. The van der Waals surface area contributed by atoms with Crippen LogP contribution in [0.25, 0.3) is 0 Å². The zero-order chi connectivity index (χ0) is 13.7. The Hall–Kier alpha value is -1.55. The molecule has 1 saturated heterocycles. The van der Waals surface area contributed by atoms with Crippen LogP contribution in [0.2, 0.25) is 0 Å². The second-order valence-corrected chi connectivity index (χ2v) is 5.16. The maximum absolute atomic E-state index is 12.0. The first-order chi connectivity index (χ1) is 9.16. The Balaban J connectivity index is 1.74. The molecule has 0 radical (unpaired) electrons. The Bertz CT molecular complexity index is 440. The Morgan fingerprint density at radius 3 is 2.79 bits per heavy atom. The number of nitrogens with one attached hydrogen (secondary N) is 1. The summed E-state index contributed by atoms with van der Waals surface area (Å²) in [6, 6.07) is 4.83. The second kappa shape index (κ2) is 6.57. The fourth-order valence-electron chi connectivity index (χ4n) is 2.51. The summed E-state index contributed by atoms with van der Waals surface area (Å²) in [6.07, 6.45) is 3.60. The Kier molecular flexibility index (Phi) is 4.80. The molecular weight excluding hydrogens is 240 g/mol. The van der Waals surface area contributed by atoms with Crippen LogP contribution in [0.5, 0.6) is 5.75 Å². The van der Waals surface area contributed by atoms with Crippen LogP contribution in [0.1, 0.15) is 35.2 Å². The number of phenols is 1. The maximum Gasteiger partial charge on any atom is 0.251 e. The molecule has 19 heavy (non-hydrogen) atoms. The molecule has 4 heteroatoms. The van der Waals surface area contributed by atoms with Crippen molar-refractivity contribution in [3.05, 3.63) is 29.3 Å². The van der Waals surface area contributed by atoms with E-state index >= 15 is 0 Å². The minimum absolute atomic E-state index is 0.0566. The number of rotatable bonds is 5. The minimum atomic E-state index is -0.0566. The van der Waals surface area contributed by atoms with E-state index in [4.69, 9.17) is 0 Å². The lowest BCUT2D eigenvalue weighted by molar-refractivity contribution is 0.0951. The highest BCUT2D eigenvalue weighted by atomic mass is 16.3. The van der Waals surface area contributed by atoms with Crippen molar-refractivity contribution in [3.63, 3.8) is 0 Å². The van der Waals surface area contributed by atoms with Gasteiger partial charge in [-0.15, -0.1) is 0 Å². The molecule has 1 aliphatic heterocycles. The second-order valence-electron chi connectivity index (χ2n) is 5.16. The van der Waals surface area contributed by atoms with Gasteiger partial charge in [0.05, 0.1) is 0 Å². The summed E-state index contributed by atoms with van der Waals surface area (Å²) in [5, 5.41) is 12.3. The van der Waals surface area contributed by atoms with Crippen molar-refractivity contribution < 1.29 is 9.90 Å². The van der Waals surface area contributed by atoms with E-state index in [1.807, 2.05) is 6.92 Å². The largest absolute Gasteiger partial charge is 0.508 e. The normalized spacial score (nSPS) is 15.6. The molecule has 4 nitrogen and oxygen atoms in total. The van der Waals surface area contributed by atoms with Crippen LogP contribution >= 0.6 is 0 Å². The van der Waals surface area contributed by atoms with Gasteiger partial charge in [0, 0.05) is 12.1 Å². The van der Waals surface area contributed by atoms with Crippen LogP contribution in [-0.4, -0.2) is 42.1 Å². The molecule has 1 aromatic rings. The first-order valence-electron chi connectivity index (χ1n) is 6.97. The van der Waals surface area contributed by atoms with Gasteiger partial charge in [0.2, 0.25) is 0 Å². The highest BCUT2D eigenvalue weighted by Gasteiger charge is 2.11. The number of carbonyl (C=O) groups is 1. The van der Waals surface area contributed by atoms with Crippen molar-refractivity contribution in [1.82, 2.24) is 10.2 Å². The Morgan fingerprint density at radius 1 is 1.37 bits per heavy atom. The molecule has 1 fully saturated rings. The molecule has 1 amide bonds. The summed E-state index contributed by atoms with van der Waals surface area (Å²) in [4.78, 5) is 14.4. The van der Waals surface area contributed by atoms with Gasteiger partial charge in [-0.2, -0.15) is 0 Å². The van der Waals surface area contributed by atoms with E-state index in [2.05, 4.69) is 10.2 Å². The molecule has 1 heterocycles. The molecule has 0 unspecified atom stereocenters. The number of aromatic hydroxyl groups is 1. The van der Waals surface area contributed by atoms with Crippen LogP contribution in [0.3, 0.4) is 0 Å². The van der Waals surface area contributed by atoms with Crippen molar-refractivity contribution in [1.29, 1.82) is 0 Å². The predicted molar refractivity (Wildman–Crippen MR) is 75.5 cm³/mol. The maximum atomic E-state index is 12.0. The molecule has 0 atom stereocenters. The summed E-state index contributed by atoms with van der Waals surface area (Å²) in [5.41, 5.74) is 1.44. The summed E-state index contributed by atoms with van der Waals surface area (Å²) in [5.74, 6) is 0.141. The quantitative estimate of drug-likeness (QED) is 0.797. The predicted octanol–water partition coefficient (Wildman–Crippen LogP) is 1.92. The fourth-order valence-corrected chi connectivity index (χ4v) is 2.51. The molecular formula is C15H22N2O2. The van der Waals surface area contributed by atoms with Gasteiger partial charge in [-0.3, -0.25) is 4.79 Å². The number of benzene rings is 1. The minimum Gasteiger partial charge on any atom is -0.508 e.